The van der Waals surface area contributed by atoms with Crippen LogP contribution in [-0.4, -0.2) is 31.1 Å². The van der Waals surface area contributed by atoms with Gasteiger partial charge >= 0.3 is 6.03 Å². The molecule has 2 aliphatic heterocycles. The minimum atomic E-state index is -0.538. The predicted octanol–water partition coefficient (Wildman–Crippen LogP) is 2.27. The number of urea groups is 1. The molecular weight excluding hydrogens is 297 g/mol. The van der Waals surface area contributed by atoms with E-state index in [4.69, 9.17) is 0 Å². The molecule has 1 aromatic rings. The summed E-state index contributed by atoms with van der Waals surface area (Å²) in [5, 5.41) is 5.56. The summed E-state index contributed by atoms with van der Waals surface area (Å²) in [5.41, 5.74) is 2.06. The number of nitrogens with one attached hydrogen (secondary N) is 2. The third-order valence-electron chi connectivity index (χ3n) is 4.46. The second-order valence-electron chi connectivity index (χ2n) is 6.30. The van der Waals surface area contributed by atoms with Crippen molar-refractivity contribution >= 4 is 17.6 Å². The van der Waals surface area contributed by atoms with E-state index < -0.39 is 12.1 Å². The molecule has 23 heavy (non-hydrogen) atoms. The van der Waals surface area contributed by atoms with E-state index in [1.165, 1.54) is 11.0 Å². The molecule has 2 N–H and O–H groups in total. The fourth-order valence-corrected chi connectivity index (χ4v) is 3.35. The lowest BCUT2D eigenvalue weighted by molar-refractivity contribution is -0.122. The molecule has 0 spiro atoms. The minimum Gasteiger partial charge on any atom is -0.354 e. The lowest BCUT2D eigenvalue weighted by Crippen LogP contribution is -2.51. The van der Waals surface area contributed by atoms with Gasteiger partial charge in [-0.2, -0.15) is 0 Å². The van der Waals surface area contributed by atoms with Gasteiger partial charge in [-0.1, -0.05) is 6.07 Å². The number of anilines is 1. The van der Waals surface area contributed by atoms with E-state index in [0.29, 0.717) is 25.2 Å². The fraction of sp³-hybridized carbons (Fsp3) is 0.529. The van der Waals surface area contributed by atoms with Crippen molar-refractivity contribution in [1.82, 2.24) is 10.6 Å². The van der Waals surface area contributed by atoms with Gasteiger partial charge in [0.2, 0.25) is 5.91 Å². The summed E-state index contributed by atoms with van der Waals surface area (Å²) in [5.74, 6) is -0.530. The number of rotatable bonds is 1. The van der Waals surface area contributed by atoms with Crippen molar-refractivity contribution in [3.8, 4) is 0 Å². The Labute approximate surface area is 135 Å². The van der Waals surface area contributed by atoms with E-state index in [9.17, 15) is 14.0 Å². The Morgan fingerprint density at radius 2 is 2.17 bits per heavy atom. The van der Waals surface area contributed by atoms with Crippen LogP contribution >= 0.6 is 0 Å². The average Bonchev–Trinajstić information content (AvgIpc) is 2.71. The van der Waals surface area contributed by atoms with Crippen LogP contribution in [0.5, 0.6) is 0 Å². The molecule has 1 atom stereocenters. The Bertz CT molecular complexity index is 633. The van der Waals surface area contributed by atoms with Gasteiger partial charge in [0.15, 0.2) is 0 Å². The molecule has 5 nitrogen and oxygen atoms in total. The molecule has 2 heterocycles. The highest BCUT2D eigenvalue weighted by Crippen LogP contribution is 2.31. The second-order valence-corrected chi connectivity index (χ2v) is 6.30. The molecule has 0 saturated carbocycles. The molecule has 6 heteroatoms. The van der Waals surface area contributed by atoms with Crippen molar-refractivity contribution in [1.29, 1.82) is 0 Å². The van der Waals surface area contributed by atoms with Gasteiger partial charge in [-0.3, -0.25) is 9.69 Å². The number of carbonyl (C=O) groups is 2. The summed E-state index contributed by atoms with van der Waals surface area (Å²) in [6, 6.07) is 2.44. The normalized spacial score (nSPS) is 21.2. The molecule has 1 aromatic carbocycles. The van der Waals surface area contributed by atoms with Gasteiger partial charge in [0, 0.05) is 13.1 Å². The zero-order valence-electron chi connectivity index (χ0n) is 13.3. The minimum absolute atomic E-state index is 0.155. The van der Waals surface area contributed by atoms with Crippen molar-refractivity contribution in [3.63, 3.8) is 0 Å². The molecule has 1 unspecified atom stereocenters. The van der Waals surface area contributed by atoms with E-state index in [-0.39, 0.29) is 11.7 Å². The van der Waals surface area contributed by atoms with Crippen molar-refractivity contribution in [3.05, 3.63) is 29.1 Å². The zero-order chi connectivity index (χ0) is 16.4. The Balaban J connectivity index is 1.80. The molecule has 0 radical (unpaired) electrons. The first-order valence-electron chi connectivity index (χ1n) is 8.21. The molecule has 2 aliphatic rings. The number of nitrogens with zero attached hydrogens (tertiary/aromatic N) is 1. The van der Waals surface area contributed by atoms with Crippen LogP contribution in [0.4, 0.5) is 14.9 Å². The van der Waals surface area contributed by atoms with Crippen molar-refractivity contribution in [2.45, 2.75) is 45.1 Å². The zero-order valence-corrected chi connectivity index (χ0v) is 13.3. The first kappa shape index (κ1) is 15.8. The number of halogens is 1. The van der Waals surface area contributed by atoms with Gasteiger partial charge in [-0.05, 0) is 56.2 Å². The molecule has 3 amide bonds. The number of amides is 3. The van der Waals surface area contributed by atoms with Crippen LogP contribution in [0.15, 0.2) is 12.1 Å². The van der Waals surface area contributed by atoms with Crippen LogP contribution in [0.3, 0.4) is 0 Å². The van der Waals surface area contributed by atoms with Crippen molar-refractivity contribution in [2.24, 2.45) is 0 Å². The molecule has 3 rings (SSSR count). The Morgan fingerprint density at radius 1 is 1.35 bits per heavy atom. The van der Waals surface area contributed by atoms with Gasteiger partial charge in [0.05, 0.1) is 5.69 Å². The smallest absolute Gasteiger partial charge is 0.322 e. The average molecular weight is 319 g/mol. The number of carbonyl (C=O) groups excluding carboxylic acids is 2. The molecule has 124 valence electrons. The van der Waals surface area contributed by atoms with Gasteiger partial charge < -0.3 is 10.6 Å². The van der Waals surface area contributed by atoms with Crippen molar-refractivity contribution < 1.29 is 14.0 Å². The summed E-state index contributed by atoms with van der Waals surface area (Å²) >= 11 is 0. The SMILES string of the molecule is Cc1cc(F)c2c(c1)CCCN2C(=O)NC1CCCCNC1=O. The fourth-order valence-electron chi connectivity index (χ4n) is 3.35. The first-order valence-corrected chi connectivity index (χ1v) is 8.21. The Hall–Kier alpha value is -2.11. The van der Waals surface area contributed by atoms with E-state index in [0.717, 1.165) is 36.8 Å². The van der Waals surface area contributed by atoms with Crippen LogP contribution in [-0.2, 0) is 11.2 Å². The predicted molar refractivity (Wildman–Crippen MR) is 86.0 cm³/mol. The number of fused-ring (bicyclic) bond motifs is 1. The Kier molecular flexibility index (Phi) is 4.50. The molecular formula is C17H22FN3O2. The highest BCUT2D eigenvalue weighted by molar-refractivity contribution is 5.96. The summed E-state index contributed by atoms with van der Waals surface area (Å²) in [4.78, 5) is 26.0. The highest BCUT2D eigenvalue weighted by Gasteiger charge is 2.29. The Morgan fingerprint density at radius 3 is 3.00 bits per heavy atom. The summed E-state index contributed by atoms with van der Waals surface area (Å²) < 4.78 is 14.4. The van der Waals surface area contributed by atoms with Crippen LogP contribution in [0.1, 0.15) is 36.8 Å². The van der Waals surface area contributed by atoms with E-state index in [1.807, 2.05) is 13.0 Å². The molecule has 0 bridgehead atoms. The number of benzene rings is 1. The standard InChI is InChI=1S/C17H22FN3O2/c1-11-9-12-5-4-8-21(15(12)13(18)10-11)17(23)20-14-6-2-3-7-19-16(14)22/h9-10,14H,2-8H2,1H3,(H,19,22)(H,20,23). The number of hydrogen-bond acceptors (Lipinski definition) is 2. The largest absolute Gasteiger partial charge is 0.354 e. The monoisotopic (exact) mass is 319 g/mol. The maximum absolute atomic E-state index is 14.4. The quantitative estimate of drug-likeness (QED) is 0.834. The van der Waals surface area contributed by atoms with Gasteiger partial charge in [0.25, 0.3) is 0 Å². The first-order chi connectivity index (χ1) is 11.1. The number of hydrogen-bond donors (Lipinski definition) is 2. The van der Waals surface area contributed by atoms with Crippen LogP contribution in [0.2, 0.25) is 0 Å². The third-order valence-corrected chi connectivity index (χ3v) is 4.46. The summed E-state index contributed by atoms with van der Waals surface area (Å²) in [6.07, 6.45) is 3.98. The van der Waals surface area contributed by atoms with Gasteiger partial charge in [-0.25, -0.2) is 9.18 Å². The maximum Gasteiger partial charge on any atom is 0.322 e. The van der Waals surface area contributed by atoms with Gasteiger partial charge in [-0.15, -0.1) is 0 Å². The number of aryl methyl sites for hydroxylation is 2. The van der Waals surface area contributed by atoms with Crippen molar-refractivity contribution in [2.75, 3.05) is 18.0 Å². The molecule has 1 fully saturated rings. The van der Waals surface area contributed by atoms with Crippen LogP contribution in [0.25, 0.3) is 0 Å². The van der Waals surface area contributed by atoms with Crippen LogP contribution < -0.4 is 15.5 Å². The highest BCUT2D eigenvalue weighted by atomic mass is 19.1. The lowest BCUT2D eigenvalue weighted by Gasteiger charge is -2.31. The molecule has 0 aliphatic carbocycles. The van der Waals surface area contributed by atoms with E-state index >= 15 is 0 Å². The summed E-state index contributed by atoms with van der Waals surface area (Å²) in [7, 11) is 0. The molecule has 0 aromatic heterocycles. The maximum atomic E-state index is 14.4. The third kappa shape index (κ3) is 3.30. The summed E-state index contributed by atoms with van der Waals surface area (Å²) in [6.45, 7) is 2.96. The topological polar surface area (TPSA) is 61.4 Å². The lowest BCUT2D eigenvalue weighted by atomic mass is 9.99. The van der Waals surface area contributed by atoms with Gasteiger partial charge in [0.1, 0.15) is 11.9 Å². The van der Waals surface area contributed by atoms with E-state index in [2.05, 4.69) is 10.6 Å². The second kappa shape index (κ2) is 6.56. The van der Waals surface area contributed by atoms with E-state index in [1.54, 1.807) is 0 Å². The molecule has 1 saturated heterocycles. The van der Waals surface area contributed by atoms with Crippen LogP contribution in [0, 0.1) is 12.7 Å².